The van der Waals surface area contributed by atoms with Crippen molar-refractivity contribution in [2.45, 2.75) is 26.1 Å². The van der Waals surface area contributed by atoms with Crippen LogP contribution in [0.3, 0.4) is 0 Å². The number of halogens is 3. The molecular formula is C13H14F3NO2. The molecule has 0 bridgehead atoms. The summed E-state index contributed by atoms with van der Waals surface area (Å²) in [5.41, 5.74) is -1.46. The summed E-state index contributed by atoms with van der Waals surface area (Å²) in [4.78, 5) is 0. The molecule has 19 heavy (non-hydrogen) atoms. The van der Waals surface area contributed by atoms with E-state index in [0.717, 1.165) is 12.1 Å². The van der Waals surface area contributed by atoms with E-state index in [1.165, 1.54) is 12.1 Å². The van der Waals surface area contributed by atoms with Crippen molar-refractivity contribution in [3.8, 4) is 11.8 Å². The van der Waals surface area contributed by atoms with E-state index in [4.69, 9.17) is 10.00 Å². The smallest absolute Gasteiger partial charge is 0.417 e. The number of hydrogen-bond acceptors (Lipinski definition) is 3. The molecule has 2 unspecified atom stereocenters. The van der Waals surface area contributed by atoms with Crippen molar-refractivity contribution in [3.05, 3.63) is 29.3 Å². The second-order valence-electron chi connectivity index (χ2n) is 4.35. The van der Waals surface area contributed by atoms with Gasteiger partial charge in [0.1, 0.15) is 5.75 Å². The van der Waals surface area contributed by atoms with Crippen LogP contribution in [0.15, 0.2) is 18.2 Å². The summed E-state index contributed by atoms with van der Waals surface area (Å²) in [5, 5.41) is 17.9. The summed E-state index contributed by atoms with van der Waals surface area (Å²) in [6.45, 7) is 3.40. The fourth-order valence-electron chi connectivity index (χ4n) is 1.31. The lowest BCUT2D eigenvalue weighted by Crippen LogP contribution is -2.20. The number of alkyl halides is 3. The Balaban J connectivity index is 2.91. The predicted molar refractivity (Wildman–Crippen MR) is 62.5 cm³/mol. The minimum Gasteiger partial charge on any atom is -0.493 e. The van der Waals surface area contributed by atoms with E-state index in [2.05, 4.69) is 0 Å². The van der Waals surface area contributed by atoms with Gasteiger partial charge < -0.3 is 9.84 Å². The third kappa shape index (κ3) is 4.14. The Morgan fingerprint density at radius 3 is 2.47 bits per heavy atom. The van der Waals surface area contributed by atoms with Gasteiger partial charge in [0.15, 0.2) is 0 Å². The van der Waals surface area contributed by atoms with Gasteiger partial charge in [0, 0.05) is 5.92 Å². The normalized spacial score (nSPS) is 14.6. The van der Waals surface area contributed by atoms with E-state index in [1.54, 1.807) is 13.8 Å². The molecule has 0 saturated carbocycles. The molecule has 1 N–H and O–H groups in total. The summed E-state index contributed by atoms with van der Waals surface area (Å²) in [6, 6.07) is 4.68. The Labute approximate surface area is 109 Å². The van der Waals surface area contributed by atoms with Crippen LogP contribution in [0, 0.1) is 17.2 Å². The standard InChI is InChI=1S/C13H14F3NO2/c1-8(9(2)18)7-19-11-4-3-10(6-17)12(5-11)13(14,15)16/h3-5,8-9,18H,7H2,1-2H3. The highest BCUT2D eigenvalue weighted by molar-refractivity contribution is 5.44. The maximum Gasteiger partial charge on any atom is 0.417 e. The molecule has 1 aromatic carbocycles. The lowest BCUT2D eigenvalue weighted by atomic mass is 10.1. The summed E-state index contributed by atoms with van der Waals surface area (Å²) >= 11 is 0. The van der Waals surface area contributed by atoms with E-state index in [-0.39, 0.29) is 18.3 Å². The lowest BCUT2D eigenvalue weighted by molar-refractivity contribution is -0.137. The second-order valence-corrected chi connectivity index (χ2v) is 4.35. The Morgan fingerprint density at radius 1 is 1.37 bits per heavy atom. The van der Waals surface area contributed by atoms with Crippen molar-refractivity contribution in [2.24, 2.45) is 5.92 Å². The first kappa shape index (κ1) is 15.3. The monoisotopic (exact) mass is 273 g/mol. The summed E-state index contributed by atoms with van der Waals surface area (Å²) in [5.74, 6) is -0.177. The van der Waals surface area contributed by atoms with E-state index >= 15 is 0 Å². The van der Waals surface area contributed by atoms with Gasteiger partial charge in [-0.1, -0.05) is 6.92 Å². The molecule has 0 aromatic heterocycles. The van der Waals surface area contributed by atoms with Gasteiger partial charge in [-0.2, -0.15) is 18.4 Å². The lowest BCUT2D eigenvalue weighted by Gasteiger charge is -2.16. The fraction of sp³-hybridized carbons (Fsp3) is 0.462. The highest BCUT2D eigenvalue weighted by atomic mass is 19.4. The highest BCUT2D eigenvalue weighted by Crippen LogP contribution is 2.34. The van der Waals surface area contributed by atoms with E-state index in [0.29, 0.717) is 0 Å². The zero-order chi connectivity index (χ0) is 14.6. The van der Waals surface area contributed by atoms with Crippen molar-refractivity contribution >= 4 is 0 Å². The number of aliphatic hydroxyl groups is 1. The van der Waals surface area contributed by atoms with Gasteiger partial charge in [-0.3, -0.25) is 0 Å². The first-order chi connectivity index (χ1) is 8.75. The van der Waals surface area contributed by atoms with Gasteiger partial charge >= 0.3 is 6.18 Å². The van der Waals surface area contributed by atoms with E-state index in [9.17, 15) is 18.3 Å². The minimum atomic E-state index is -4.60. The third-order valence-corrected chi connectivity index (χ3v) is 2.75. The van der Waals surface area contributed by atoms with Crippen molar-refractivity contribution in [2.75, 3.05) is 6.61 Å². The second kappa shape index (κ2) is 5.93. The molecule has 104 valence electrons. The zero-order valence-electron chi connectivity index (χ0n) is 10.5. The van der Waals surface area contributed by atoms with Gasteiger partial charge in [0.25, 0.3) is 0 Å². The van der Waals surface area contributed by atoms with Gasteiger partial charge in [-0.15, -0.1) is 0 Å². The maximum absolute atomic E-state index is 12.7. The van der Waals surface area contributed by atoms with E-state index < -0.39 is 23.4 Å². The molecule has 1 aromatic rings. The molecule has 0 amide bonds. The van der Waals surface area contributed by atoms with Crippen LogP contribution in [-0.2, 0) is 6.18 Å². The summed E-state index contributed by atoms with van der Waals surface area (Å²) in [7, 11) is 0. The molecule has 1 rings (SSSR count). The third-order valence-electron chi connectivity index (χ3n) is 2.75. The van der Waals surface area contributed by atoms with Gasteiger partial charge in [0.2, 0.25) is 0 Å². The Hall–Kier alpha value is -1.74. The molecule has 0 aliphatic heterocycles. The van der Waals surface area contributed by atoms with Crippen LogP contribution in [0.2, 0.25) is 0 Å². The molecule has 0 aliphatic rings. The predicted octanol–water partition coefficient (Wildman–Crippen LogP) is 2.97. The molecule has 0 fully saturated rings. The van der Waals surface area contributed by atoms with Crippen LogP contribution < -0.4 is 4.74 Å². The van der Waals surface area contributed by atoms with Crippen LogP contribution in [0.5, 0.6) is 5.75 Å². The topological polar surface area (TPSA) is 53.2 Å². The Morgan fingerprint density at radius 2 is 2.00 bits per heavy atom. The molecule has 3 nitrogen and oxygen atoms in total. The number of nitrogens with zero attached hydrogens (tertiary/aromatic N) is 1. The highest BCUT2D eigenvalue weighted by Gasteiger charge is 2.34. The number of benzene rings is 1. The fourth-order valence-corrected chi connectivity index (χ4v) is 1.31. The Bertz CT molecular complexity index is 478. The molecule has 0 spiro atoms. The maximum atomic E-state index is 12.7. The number of aliphatic hydroxyl groups excluding tert-OH is 1. The SMILES string of the molecule is CC(O)C(C)COc1ccc(C#N)c(C(F)(F)F)c1. The van der Waals surface area contributed by atoms with Crippen LogP contribution >= 0.6 is 0 Å². The number of hydrogen-bond donors (Lipinski definition) is 1. The zero-order valence-corrected chi connectivity index (χ0v) is 10.5. The average molecular weight is 273 g/mol. The molecule has 0 radical (unpaired) electrons. The molecule has 6 heteroatoms. The molecule has 2 atom stereocenters. The minimum absolute atomic E-state index is 0.0267. The van der Waals surface area contributed by atoms with Gasteiger partial charge in [-0.05, 0) is 25.1 Å². The largest absolute Gasteiger partial charge is 0.493 e. The molecular weight excluding hydrogens is 259 g/mol. The number of ether oxygens (including phenoxy) is 1. The van der Waals surface area contributed by atoms with Crippen LogP contribution in [0.1, 0.15) is 25.0 Å². The molecule has 0 heterocycles. The van der Waals surface area contributed by atoms with Crippen molar-refractivity contribution in [1.29, 1.82) is 5.26 Å². The van der Waals surface area contributed by atoms with Crippen LogP contribution in [0.4, 0.5) is 13.2 Å². The summed E-state index contributed by atoms with van der Waals surface area (Å²) in [6.07, 6.45) is -5.21. The Kier molecular flexibility index (Phi) is 4.78. The van der Waals surface area contributed by atoms with Crippen LogP contribution in [0.25, 0.3) is 0 Å². The van der Waals surface area contributed by atoms with Crippen molar-refractivity contribution in [3.63, 3.8) is 0 Å². The van der Waals surface area contributed by atoms with Crippen LogP contribution in [-0.4, -0.2) is 17.8 Å². The molecule has 0 saturated heterocycles. The summed E-state index contributed by atoms with van der Waals surface area (Å²) < 4.78 is 43.3. The average Bonchev–Trinajstić information content (AvgIpc) is 2.34. The quantitative estimate of drug-likeness (QED) is 0.917. The number of nitriles is 1. The van der Waals surface area contributed by atoms with Crippen molar-refractivity contribution < 1.29 is 23.0 Å². The van der Waals surface area contributed by atoms with Gasteiger partial charge in [-0.25, -0.2) is 0 Å². The number of rotatable bonds is 4. The first-order valence-electron chi connectivity index (χ1n) is 5.68. The van der Waals surface area contributed by atoms with E-state index in [1.807, 2.05) is 0 Å². The first-order valence-corrected chi connectivity index (χ1v) is 5.68. The van der Waals surface area contributed by atoms with Gasteiger partial charge in [0.05, 0.1) is 29.9 Å². The molecule has 0 aliphatic carbocycles. The van der Waals surface area contributed by atoms with Crippen molar-refractivity contribution in [1.82, 2.24) is 0 Å².